The Hall–Kier alpha value is -2.07. The van der Waals surface area contributed by atoms with Gasteiger partial charge >= 0.3 is 0 Å². The molecule has 0 amide bonds. The van der Waals surface area contributed by atoms with Crippen molar-refractivity contribution in [3.05, 3.63) is 53.8 Å². The molecule has 0 fully saturated rings. The van der Waals surface area contributed by atoms with E-state index in [1.807, 2.05) is 18.2 Å². The van der Waals surface area contributed by atoms with E-state index in [1.54, 1.807) is 6.07 Å². The second kappa shape index (κ2) is 5.74. The van der Waals surface area contributed by atoms with E-state index in [4.69, 9.17) is 5.73 Å². The standard InChI is InChI=1S/C17H20FN3/c1-20-11-12-21(17-7-3-2-6-16(17)20)15-8-4-5-14(18)13(15)9-10-19/h2-8H,9-12,19H2,1H3. The second-order valence-electron chi connectivity index (χ2n) is 5.34. The molecule has 1 heterocycles. The number of likely N-dealkylation sites (N-methyl/N-ethyl adjacent to an activating group) is 1. The fourth-order valence-corrected chi connectivity index (χ4v) is 2.95. The first-order chi connectivity index (χ1) is 10.2. The summed E-state index contributed by atoms with van der Waals surface area (Å²) in [4.78, 5) is 4.43. The molecule has 1 aliphatic rings. The van der Waals surface area contributed by atoms with Gasteiger partial charge in [-0.3, -0.25) is 0 Å². The number of fused-ring (bicyclic) bond motifs is 1. The number of hydrogen-bond acceptors (Lipinski definition) is 3. The Balaban J connectivity index is 2.10. The molecule has 0 aliphatic carbocycles. The van der Waals surface area contributed by atoms with Crippen molar-refractivity contribution < 1.29 is 4.39 Å². The average molecular weight is 285 g/mol. The van der Waals surface area contributed by atoms with Gasteiger partial charge in [0.05, 0.1) is 11.4 Å². The highest BCUT2D eigenvalue weighted by atomic mass is 19.1. The van der Waals surface area contributed by atoms with Crippen LogP contribution in [0, 0.1) is 5.82 Å². The van der Waals surface area contributed by atoms with Crippen LogP contribution in [-0.2, 0) is 6.42 Å². The van der Waals surface area contributed by atoms with Crippen LogP contribution in [0.4, 0.5) is 21.5 Å². The lowest BCUT2D eigenvalue weighted by atomic mass is 10.1. The molecule has 3 nitrogen and oxygen atoms in total. The molecule has 0 spiro atoms. The largest absolute Gasteiger partial charge is 0.371 e. The monoisotopic (exact) mass is 285 g/mol. The highest BCUT2D eigenvalue weighted by Gasteiger charge is 2.23. The van der Waals surface area contributed by atoms with Gasteiger partial charge in [-0.25, -0.2) is 4.39 Å². The summed E-state index contributed by atoms with van der Waals surface area (Å²) >= 11 is 0. The minimum Gasteiger partial charge on any atom is -0.371 e. The number of anilines is 3. The van der Waals surface area contributed by atoms with E-state index >= 15 is 0 Å². The lowest BCUT2D eigenvalue weighted by Gasteiger charge is -2.38. The Labute approximate surface area is 124 Å². The Morgan fingerprint density at radius 2 is 1.71 bits per heavy atom. The van der Waals surface area contributed by atoms with E-state index in [9.17, 15) is 4.39 Å². The maximum absolute atomic E-state index is 14.2. The minimum atomic E-state index is -0.172. The molecule has 0 bridgehead atoms. The van der Waals surface area contributed by atoms with Crippen LogP contribution in [-0.4, -0.2) is 26.7 Å². The van der Waals surface area contributed by atoms with Crippen LogP contribution in [0.3, 0.4) is 0 Å². The summed E-state index contributed by atoms with van der Waals surface area (Å²) in [5.41, 5.74) is 9.58. The zero-order chi connectivity index (χ0) is 14.8. The van der Waals surface area contributed by atoms with Crippen molar-refractivity contribution in [2.75, 3.05) is 36.5 Å². The molecule has 1 aliphatic heterocycles. The van der Waals surface area contributed by atoms with Crippen LogP contribution in [0.2, 0.25) is 0 Å². The van der Waals surface area contributed by atoms with Crippen molar-refractivity contribution >= 4 is 17.1 Å². The van der Waals surface area contributed by atoms with Crippen molar-refractivity contribution in [1.82, 2.24) is 0 Å². The fraction of sp³-hybridized carbons (Fsp3) is 0.294. The third-order valence-electron chi connectivity index (χ3n) is 4.02. The molecule has 0 aromatic heterocycles. The number of benzene rings is 2. The smallest absolute Gasteiger partial charge is 0.128 e. The van der Waals surface area contributed by atoms with E-state index in [1.165, 1.54) is 11.8 Å². The van der Waals surface area contributed by atoms with Crippen molar-refractivity contribution in [3.63, 3.8) is 0 Å². The van der Waals surface area contributed by atoms with E-state index in [0.29, 0.717) is 18.5 Å². The van der Waals surface area contributed by atoms with Crippen LogP contribution in [0.15, 0.2) is 42.5 Å². The van der Waals surface area contributed by atoms with Crippen LogP contribution in [0.1, 0.15) is 5.56 Å². The molecule has 2 aromatic carbocycles. The number of halogens is 1. The van der Waals surface area contributed by atoms with Gasteiger partial charge in [0.15, 0.2) is 0 Å². The first-order valence-corrected chi connectivity index (χ1v) is 7.27. The Morgan fingerprint density at radius 3 is 2.48 bits per heavy atom. The third kappa shape index (κ3) is 2.47. The number of hydrogen-bond donors (Lipinski definition) is 1. The number of nitrogens with two attached hydrogens (primary N) is 1. The van der Waals surface area contributed by atoms with Gasteiger partial charge in [-0.15, -0.1) is 0 Å². The van der Waals surface area contributed by atoms with E-state index in [0.717, 1.165) is 24.5 Å². The fourth-order valence-electron chi connectivity index (χ4n) is 2.95. The molecule has 0 atom stereocenters. The van der Waals surface area contributed by atoms with Crippen LogP contribution in [0.25, 0.3) is 0 Å². The summed E-state index contributed by atoms with van der Waals surface area (Å²) in [5, 5.41) is 0. The van der Waals surface area contributed by atoms with Crippen molar-refractivity contribution in [2.45, 2.75) is 6.42 Å². The van der Waals surface area contributed by atoms with Gasteiger partial charge in [-0.05, 0) is 37.2 Å². The Bertz CT molecular complexity index is 642. The highest BCUT2D eigenvalue weighted by Crippen LogP contribution is 2.38. The molecule has 0 saturated heterocycles. The molecule has 0 unspecified atom stereocenters. The van der Waals surface area contributed by atoms with Crippen LogP contribution >= 0.6 is 0 Å². The minimum absolute atomic E-state index is 0.172. The predicted molar refractivity (Wildman–Crippen MR) is 85.9 cm³/mol. The summed E-state index contributed by atoms with van der Waals surface area (Å²) in [7, 11) is 2.09. The van der Waals surface area contributed by atoms with E-state index in [2.05, 4.69) is 29.0 Å². The summed E-state index contributed by atoms with van der Waals surface area (Å²) in [5.74, 6) is -0.172. The van der Waals surface area contributed by atoms with Crippen molar-refractivity contribution in [3.8, 4) is 0 Å². The van der Waals surface area contributed by atoms with Crippen molar-refractivity contribution in [1.29, 1.82) is 0 Å². The zero-order valence-electron chi connectivity index (χ0n) is 12.2. The first kappa shape index (κ1) is 13.9. The summed E-state index contributed by atoms with van der Waals surface area (Å²) in [6.07, 6.45) is 0.552. The molecule has 2 N–H and O–H groups in total. The molecule has 0 saturated carbocycles. The molecular weight excluding hydrogens is 265 g/mol. The Morgan fingerprint density at radius 1 is 1.00 bits per heavy atom. The molecule has 110 valence electrons. The molecule has 0 radical (unpaired) electrons. The van der Waals surface area contributed by atoms with Gasteiger partial charge in [0.1, 0.15) is 5.82 Å². The van der Waals surface area contributed by atoms with Crippen LogP contribution < -0.4 is 15.5 Å². The molecule has 4 heteroatoms. The highest BCUT2D eigenvalue weighted by molar-refractivity contribution is 5.80. The third-order valence-corrected chi connectivity index (χ3v) is 4.02. The van der Waals surface area contributed by atoms with Gasteiger partial charge in [0.2, 0.25) is 0 Å². The number of para-hydroxylation sites is 2. The lowest BCUT2D eigenvalue weighted by Crippen LogP contribution is -2.37. The van der Waals surface area contributed by atoms with Gasteiger partial charge in [0, 0.05) is 31.4 Å². The maximum Gasteiger partial charge on any atom is 0.128 e. The number of rotatable bonds is 3. The van der Waals surface area contributed by atoms with Gasteiger partial charge in [0.25, 0.3) is 0 Å². The molecule has 3 rings (SSSR count). The first-order valence-electron chi connectivity index (χ1n) is 7.27. The second-order valence-corrected chi connectivity index (χ2v) is 5.34. The van der Waals surface area contributed by atoms with E-state index < -0.39 is 0 Å². The zero-order valence-corrected chi connectivity index (χ0v) is 12.2. The summed E-state index contributed by atoms with van der Waals surface area (Å²) < 4.78 is 14.2. The molecule has 2 aromatic rings. The van der Waals surface area contributed by atoms with Crippen LogP contribution in [0.5, 0.6) is 0 Å². The SMILES string of the molecule is CN1CCN(c2cccc(F)c2CCN)c2ccccc21. The normalized spacial score (nSPS) is 14.2. The van der Waals surface area contributed by atoms with E-state index in [-0.39, 0.29) is 5.82 Å². The van der Waals surface area contributed by atoms with Gasteiger partial charge in [-0.1, -0.05) is 18.2 Å². The molecular formula is C17H20FN3. The summed E-state index contributed by atoms with van der Waals surface area (Å²) in [6, 6.07) is 13.5. The van der Waals surface area contributed by atoms with Gasteiger partial charge in [-0.2, -0.15) is 0 Å². The quantitative estimate of drug-likeness (QED) is 0.941. The lowest BCUT2D eigenvalue weighted by molar-refractivity contribution is 0.609. The average Bonchev–Trinajstić information content (AvgIpc) is 2.51. The topological polar surface area (TPSA) is 32.5 Å². The number of nitrogens with zero attached hydrogens (tertiary/aromatic N) is 2. The van der Waals surface area contributed by atoms with Gasteiger partial charge < -0.3 is 15.5 Å². The predicted octanol–water partition coefficient (Wildman–Crippen LogP) is 2.91. The Kier molecular flexibility index (Phi) is 3.80. The maximum atomic E-state index is 14.2. The molecule has 21 heavy (non-hydrogen) atoms. The van der Waals surface area contributed by atoms with Crippen molar-refractivity contribution in [2.24, 2.45) is 5.73 Å². The summed E-state index contributed by atoms with van der Waals surface area (Å²) in [6.45, 7) is 2.20.